The van der Waals surface area contributed by atoms with Gasteiger partial charge in [0.2, 0.25) is 0 Å². The Labute approximate surface area is 63.7 Å². The third-order valence-corrected chi connectivity index (χ3v) is 2.56. The first-order valence-corrected chi connectivity index (χ1v) is 4.13. The maximum absolute atomic E-state index is 3.29. The fourth-order valence-corrected chi connectivity index (χ4v) is 2.16. The van der Waals surface area contributed by atoms with E-state index in [9.17, 15) is 0 Å². The minimum atomic E-state index is 1.25. The van der Waals surface area contributed by atoms with Crippen molar-refractivity contribution in [2.24, 2.45) is 0 Å². The van der Waals surface area contributed by atoms with Crippen LogP contribution in [-0.2, 0) is 0 Å². The van der Waals surface area contributed by atoms with Gasteiger partial charge in [-0.2, -0.15) is 0 Å². The van der Waals surface area contributed by atoms with E-state index < -0.39 is 0 Å². The van der Waals surface area contributed by atoms with E-state index in [-0.39, 0.29) is 0 Å². The van der Waals surface area contributed by atoms with Crippen molar-refractivity contribution in [1.29, 1.82) is 0 Å². The van der Waals surface area contributed by atoms with Crippen molar-refractivity contribution < 1.29 is 0 Å². The highest BCUT2D eigenvalue weighted by molar-refractivity contribution is 7.18. The summed E-state index contributed by atoms with van der Waals surface area (Å²) < 4.78 is 1.37. The molecule has 0 amide bonds. The normalized spacial score (nSPS) is 11.0. The Kier molecular flexibility index (Phi) is 1.11. The first-order valence-electron chi connectivity index (χ1n) is 3.31. The molecule has 0 aromatic carbocycles. The monoisotopic (exact) mass is 151 g/mol. The highest BCUT2D eigenvalue weighted by Gasteiger charge is 1.99. The van der Waals surface area contributed by atoms with Crippen molar-refractivity contribution >= 4 is 21.6 Å². The van der Waals surface area contributed by atoms with Crippen LogP contribution in [-0.4, -0.2) is 4.98 Å². The van der Waals surface area contributed by atoms with Gasteiger partial charge in [0.25, 0.3) is 0 Å². The molecule has 10 heavy (non-hydrogen) atoms. The van der Waals surface area contributed by atoms with Crippen molar-refractivity contribution in [3.8, 4) is 0 Å². The molecule has 0 unspecified atom stereocenters. The second kappa shape index (κ2) is 1.86. The molecule has 0 atom stereocenters. The topological polar surface area (TPSA) is 15.8 Å². The molecule has 0 saturated carbocycles. The lowest BCUT2D eigenvalue weighted by atomic mass is 10.4. The highest BCUT2D eigenvalue weighted by Crippen LogP contribution is 2.24. The number of aryl methyl sites for hydroxylation is 2. The van der Waals surface area contributed by atoms with Crippen LogP contribution in [0.15, 0.2) is 12.1 Å². The molecule has 1 nitrogen and oxygen atoms in total. The van der Waals surface area contributed by atoms with E-state index in [1.807, 2.05) is 11.3 Å². The molecule has 0 radical (unpaired) electrons. The minimum Gasteiger partial charge on any atom is -0.358 e. The Morgan fingerprint density at radius 1 is 1.30 bits per heavy atom. The van der Waals surface area contributed by atoms with Crippen molar-refractivity contribution in [3.05, 3.63) is 22.7 Å². The van der Waals surface area contributed by atoms with Gasteiger partial charge in [-0.1, -0.05) is 0 Å². The molecule has 0 fully saturated rings. The van der Waals surface area contributed by atoms with Crippen LogP contribution in [0.2, 0.25) is 0 Å². The number of H-pyrrole nitrogens is 1. The summed E-state index contributed by atoms with van der Waals surface area (Å²) in [5, 5.41) is 0. The molecule has 0 bridgehead atoms. The summed E-state index contributed by atoms with van der Waals surface area (Å²) in [6, 6.07) is 4.38. The Bertz CT molecular complexity index is 293. The van der Waals surface area contributed by atoms with Crippen LogP contribution in [0.4, 0.5) is 0 Å². The molecule has 0 aliphatic heterocycles. The van der Waals surface area contributed by atoms with Crippen molar-refractivity contribution in [2.45, 2.75) is 13.8 Å². The van der Waals surface area contributed by atoms with Crippen LogP contribution in [0.5, 0.6) is 0 Å². The number of hydrogen-bond donors (Lipinski definition) is 1. The molecule has 0 spiro atoms. The predicted molar refractivity (Wildman–Crippen MR) is 45.6 cm³/mol. The zero-order valence-electron chi connectivity index (χ0n) is 6.06. The van der Waals surface area contributed by atoms with Crippen molar-refractivity contribution in [2.75, 3.05) is 0 Å². The molecule has 52 valence electrons. The van der Waals surface area contributed by atoms with Gasteiger partial charge in [0.1, 0.15) is 0 Å². The summed E-state index contributed by atoms with van der Waals surface area (Å²) in [5.41, 5.74) is 2.53. The molecular weight excluding hydrogens is 142 g/mol. The lowest BCUT2D eigenvalue weighted by Crippen LogP contribution is -1.64. The lowest BCUT2D eigenvalue weighted by Gasteiger charge is -1.77. The van der Waals surface area contributed by atoms with Crippen LogP contribution < -0.4 is 0 Å². The summed E-state index contributed by atoms with van der Waals surface area (Å²) in [6.45, 7) is 4.22. The lowest BCUT2D eigenvalue weighted by molar-refractivity contribution is 1.30. The van der Waals surface area contributed by atoms with Gasteiger partial charge in [0, 0.05) is 10.6 Å². The van der Waals surface area contributed by atoms with Crippen LogP contribution in [0.1, 0.15) is 10.6 Å². The minimum absolute atomic E-state index is 1.25. The maximum atomic E-state index is 3.29. The van der Waals surface area contributed by atoms with E-state index >= 15 is 0 Å². The molecule has 2 aromatic heterocycles. The van der Waals surface area contributed by atoms with E-state index in [4.69, 9.17) is 0 Å². The number of aromatic nitrogens is 1. The van der Waals surface area contributed by atoms with Gasteiger partial charge in [-0.25, -0.2) is 0 Å². The summed E-state index contributed by atoms with van der Waals surface area (Å²) in [6.07, 6.45) is 0. The number of nitrogens with one attached hydrogen (secondary N) is 1. The quantitative estimate of drug-likeness (QED) is 0.596. The molecule has 0 aliphatic rings. The average Bonchev–Trinajstić information content (AvgIpc) is 2.21. The molecule has 0 saturated heterocycles. The van der Waals surface area contributed by atoms with E-state index in [2.05, 4.69) is 31.0 Å². The predicted octanol–water partition coefficient (Wildman–Crippen LogP) is 2.85. The number of fused-ring (bicyclic) bond motifs is 1. The molecule has 0 aliphatic carbocycles. The van der Waals surface area contributed by atoms with Crippen LogP contribution >= 0.6 is 11.3 Å². The van der Waals surface area contributed by atoms with E-state index in [1.54, 1.807) is 0 Å². The van der Waals surface area contributed by atoms with Gasteiger partial charge in [0.15, 0.2) is 0 Å². The Hall–Kier alpha value is -0.760. The standard InChI is InChI=1S/C8H9NS/c1-5-3-8-7(9-5)4-6(2)10-8/h3-4,9H,1-2H3. The number of aromatic amines is 1. The molecule has 2 heteroatoms. The Balaban J connectivity index is 2.83. The van der Waals surface area contributed by atoms with Crippen molar-refractivity contribution in [1.82, 2.24) is 4.98 Å². The summed E-state index contributed by atoms with van der Waals surface area (Å²) >= 11 is 1.84. The molecule has 1 N–H and O–H groups in total. The second-order valence-corrected chi connectivity index (χ2v) is 3.88. The zero-order chi connectivity index (χ0) is 7.14. The number of rotatable bonds is 0. The van der Waals surface area contributed by atoms with Gasteiger partial charge in [-0.15, -0.1) is 11.3 Å². The zero-order valence-corrected chi connectivity index (χ0v) is 6.88. The van der Waals surface area contributed by atoms with Gasteiger partial charge in [-0.05, 0) is 26.0 Å². The second-order valence-electron chi connectivity index (χ2n) is 2.59. The van der Waals surface area contributed by atoms with E-state index in [0.717, 1.165) is 0 Å². The molecule has 2 heterocycles. The third-order valence-electron chi connectivity index (χ3n) is 1.56. The van der Waals surface area contributed by atoms with Gasteiger partial charge in [0.05, 0.1) is 10.2 Å². The SMILES string of the molecule is Cc1cc2sc(C)cc2[nH]1. The first-order chi connectivity index (χ1) is 4.75. The first kappa shape index (κ1) is 5.98. The van der Waals surface area contributed by atoms with Gasteiger partial charge in [-0.3, -0.25) is 0 Å². The smallest absolute Gasteiger partial charge is 0.0568 e. The number of thiophene rings is 1. The third kappa shape index (κ3) is 0.762. The summed E-state index contributed by atoms with van der Waals surface area (Å²) in [7, 11) is 0. The van der Waals surface area contributed by atoms with E-state index in [0.29, 0.717) is 0 Å². The summed E-state index contributed by atoms with van der Waals surface area (Å²) in [4.78, 5) is 4.67. The fraction of sp³-hybridized carbons (Fsp3) is 0.250. The van der Waals surface area contributed by atoms with Crippen molar-refractivity contribution in [3.63, 3.8) is 0 Å². The fourth-order valence-electron chi connectivity index (χ4n) is 1.18. The molecule has 2 aromatic rings. The van der Waals surface area contributed by atoms with E-state index in [1.165, 1.54) is 20.8 Å². The molecule has 2 rings (SSSR count). The Morgan fingerprint density at radius 3 is 2.80 bits per heavy atom. The average molecular weight is 151 g/mol. The summed E-state index contributed by atoms with van der Waals surface area (Å²) in [5.74, 6) is 0. The Morgan fingerprint density at radius 2 is 2.10 bits per heavy atom. The van der Waals surface area contributed by atoms with Crippen LogP contribution in [0.25, 0.3) is 10.2 Å². The number of hydrogen-bond acceptors (Lipinski definition) is 1. The maximum Gasteiger partial charge on any atom is 0.0568 e. The molecular formula is C8H9NS. The highest BCUT2D eigenvalue weighted by atomic mass is 32.1. The van der Waals surface area contributed by atoms with Crippen LogP contribution in [0.3, 0.4) is 0 Å². The van der Waals surface area contributed by atoms with Crippen LogP contribution in [0, 0.1) is 13.8 Å². The van der Waals surface area contributed by atoms with Gasteiger partial charge >= 0.3 is 0 Å². The largest absolute Gasteiger partial charge is 0.358 e. The van der Waals surface area contributed by atoms with Gasteiger partial charge < -0.3 is 4.98 Å².